The number of amides is 2. The smallest absolute Gasteiger partial charge is 0.349 e. The van der Waals surface area contributed by atoms with Crippen molar-refractivity contribution in [2.24, 2.45) is 5.92 Å². The van der Waals surface area contributed by atoms with Gasteiger partial charge in [0.2, 0.25) is 0 Å². The largest absolute Gasteiger partial charge is 0.422 e. The number of fused-ring (bicyclic) bond motifs is 2. The van der Waals surface area contributed by atoms with Gasteiger partial charge in [-0.15, -0.1) is 11.3 Å². The minimum absolute atomic E-state index is 0.0541. The van der Waals surface area contributed by atoms with Gasteiger partial charge in [-0.3, -0.25) is 9.59 Å². The van der Waals surface area contributed by atoms with Gasteiger partial charge in [-0.25, -0.2) is 13.2 Å². The van der Waals surface area contributed by atoms with Crippen molar-refractivity contribution in [2.75, 3.05) is 16.8 Å². The van der Waals surface area contributed by atoms with Gasteiger partial charge in [0, 0.05) is 16.3 Å². The maximum atomic E-state index is 13.3. The molecule has 1 saturated heterocycles. The molecule has 178 valence electrons. The van der Waals surface area contributed by atoms with Crippen molar-refractivity contribution in [1.82, 2.24) is 5.32 Å². The molecule has 2 N–H and O–H groups in total. The normalized spacial score (nSPS) is 21.2. The monoisotopic (exact) mass is 500 g/mol. The Hall–Kier alpha value is -2.98. The average Bonchev–Trinajstić information content (AvgIpc) is 3.31. The fraction of sp³-hybridized carbons (Fsp3) is 0.375. The third-order valence-electron chi connectivity index (χ3n) is 6.42. The first kappa shape index (κ1) is 22.8. The Balaban J connectivity index is 1.47. The number of thiophene rings is 1. The fourth-order valence-corrected chi connectivity index (χ4v) is 7.71. The molecule has 2 atom stereocenters. The van der Waals surface area contributed by atoms with Crippen LogP contribution < -0.4 is 16.3 Å². The van der Waals surface area contributed by atoms with Gasteiger partial charge < -0.3 is 15.1 Å². The summed E-state index contributed by atoms with van der Waals surface area (Å²) < 4.78 is 28.9. The van der Waals surface area contributed by atoms with Crippen molar-refractivity contribution in [1.29, 1.82) is 0 Å². The minimum Gasteiger partial charge on any atom is -0.422 e. The first-order chi connectivity index (χ1) is 16.2. The maximum Gasteiger partial charge on any atom is 0.349 e. The molecule has 2 aromatic heterocycles. The van der Waals surface area contributed by atoms with Crippen molar-refractivity contribution < 1.29 is 22.4 Å². The minimum atomic E-state index is -3.15. The lowest BCUT2D eigenvalue weighted by Crippen LogP contribution is -2.36. The summed E-state index contributed by atoms with van der Waals surface area (Å²) >= 11 is 1.34. The summed E-state index contributed by atoms with van der Waals surface area (Å²) in [5, 5.41) is 6.60. The molecule has 1 aliphatic carbocycles. The Morgan fingerprint density at radius 2 is 1.94 bits per heavy atom. The number of sulfone groups is 1. The molecule has 10 heteroatoms. The van der Waals surface area contributed by atoms with E-state index >= 15 is 0 Å². The lowest BCUT2D eigenvalue weighted by Gasteiger charge is -2.19. The molecule has 1 fully saturated rings. The molecule has 1 aliphatic heterocycles. The molecule has 5 rings (SSSR count). The highest BCUT2D eigenvalue weighted by molar-refractivity contribution is 7.91. The van der Waals surface area contributed by atoms with Crippen LogP contribution in [0.4, 0.5) is 5.00 Å². The molecular formula is C24H24N2O6S2. The van der Waals surface area contributed by atoms with E-state index in [0.29, 0.717) is 40.3 Å². The molecule has 34 heavy (non-hydrogen) atoms. The Bertz CT molecular complexity index is 1470. The molecule has 0 saturated carbocycles. The quantitative estimate of drug-likeness (QED) is 0.531. The number of anilines is 1. The molecule has 0 radical (unpaired) electrons. The second kappa shape index (κ2) is 8.66. The van der Waals surface area contributed by atoms with Gasteiger partial charge in [-0.2, -0.15) is 0 Å². The van der Waals surface area contributed by atoms with E-state index in [1.54, 1.807) is 24.3 Å². The van der Waals surface area contributed by atoms with E-state index in [-0.39, 0.29) is 17.1 Å². The third kappa shape index (κ3) is 4.39. The van der Waals surface area contributed by atoms with Crippen LogP contribution >= 0.6 is 11.3 Å². The second-order valence-electron chi connectivity index (χ2n) is 9.07. The summed E-state index contributed by atoms with van der Waals surface area (Å²) in [6, 6.07) is 7.95. The zero-order valence-corrected chi connectivity index (χ0v) is 20.2. The Morgan fingerprint density at radius 1 is 1.15 bits per heavy atom. The van der Waals surface area contributed by atoms with Crippen molar-refractivity contribution in [3.63, 3.8) is 0 Å². The summed E-state index contributed by atoms with van der Waals surface area (Å²) in [5.74, 6) is -0.614. The van der Waals surface area contributed by atoms with Crippen LogP contribution in [-0.4, -0.2) is 37.8 Å². The van der Waals surface area contributed by atoms with Crippen LogP contribution in [-0.2, 0) is 22.7 Å². The van der Waals surface area contributed by atoms with Crippen molar-refractivity contribution in [3.8, 4) is 0 Å². The number of hydrogen-bond donors (Lipinski definition) is 2. The molecule has 2 amide bonds. The van der Waals surface area contributed by atoms with Crippen molar-refractivity contribution in [3.05, 3.63) is 62.3 Å². The summed E-state index contributed by atoms with van der Waals surface area (Å²) in [6.45, 7) is 2.14. The van der Waals surface area contributed by atoms with E-state index in [0.717, 1.165) is 23.3 Å². The lowest BCUT2D eigenvalue weighted by atomic mass is 9.88. The predicted octanol–water partition coefficient (Wildman–Crippen LogP) is 3.15. The summed E-state index contributed by atoms with van der Waals surface area (Å²) in [6.07, 6.45) is 2.79. The first-order valence-corrected chi connectivity index (χ1v) is 13.8. The van der Waals surface area contributed by atoms with Gasteiger partial charge in [0.05, 0.1) is 17.1 Å². The topological polar surface area (TPSA) is 123 Å². The van der Waals surface area contributed by atoms with Crippen LogP contribution in [0.1, 0.15) is 50.9 Å². The van der Waals surface area contributed by atoms with Crippen LogP contribution in [0.5, 0.6) is 0 Å². The Kier molecular flexibility index (Phi) is 5.81. The standard InChI is InChI=1S/C24H24N2O6S2/c1-13-6-7-16-19(10-13)33-23(20(16)22(28)25-15-8-9-34(30,31)12-15)26-21(27)17-11-14-4-2-3-5-18(14)32-24(17)29/h2-5,11,13,15H,6-10,12H2,1H3,(H,25,28)(H,26,27)/t13-,15+/m1/s1. The zero-order chi connectivity index (χ0) is 24.0. The first-order valence-electron chi connectivity index (χ1n) is 11.2. The molecule has 3 aromatic rings. The second-order valence-corrected chi connectivity index (χ2v) is 12.4. The molecule has 0 unspecified atom stereocenters. The lowest BCUT2D eigenvalue weighted by molar-refractivity contribution is 0.0941. The number of carbonyl (C=O) groups excluding carboxylic acids is 2. The van der Waals surface area contributed by atoms with Gasteiger partial charge >= 0.3 is 5.63 Å². The molecule has 3 heterocycles. The summed E-state index contributed by atoms with van der Waals surface area (Å²) in [7, 11) is -3.15. The molecular weight excluding hydrogens is 476 g/mol. The molecule has 0 spiro atoms. The average molecular weight is 501 g/mol. The van der Waals surface area contributed by atoms with E-state index in [9.17, 15) is 22.8 Å². The summed E-state index contributed by atoms with van der Waals surface area (Å²) in [4.78, 5) is 39.8. The number of rotatable bonds is 4. The summed E-state index contributed by atoms with van der Waals surface area (Å²) in [5.41, 5.74) is 0.744. The number of para-hydroxylation sites is 1. The number of benzene rings is 1. The predicted molar refractivity (Wildman–Crippen MR) is 130 cm³/mol. The van der Waals surface area contributed by atoms with Gasteiger partial charge in [0.25, 0.3) is 11.8 Å². The maximum absolute atomic E-state index is 13.3. The highest BCUT2D eigenvalue weighted by Gasteiger charge is 2.33. The zero-order valence-electron chi connectivity index (χ0n) is 18.6. The molecule has 2 aliphatic rings. The Labute approximate surface area is 200 Å². The van der Waals surface area contributed by atoms with Crippen molar-refractivity contribution in [2.45, 2.75) is 38.6 Å². The van der Waals surface area contributed by atoms with Gasteiger partial charge in [-0.1, -0.05) is 25.1 Å². The van der Waals surface area contributed by atoms with E-state index < -0.39 is 33.3 Å². The fourth-order valence-electron chi connectivity index (χ4n) is 4.64. The van der Waals surface area contributed by atoms with Crippen LogP contribution in [0.15, 0.2) is 39.5 Å². The molecule has 8 nitrogen and oxygen atoms in total. The highest BCUT2D eigenvalue weighted by Crippen LogP contribution is 2.40. The molecule has 1 aromatic carbocycles. The third-order valence-corrected chi connectivity index (χ3v) is 9.36. The number of hydrogen-bond acceptors (Lipinski definition) is 7. The van der Waals surface area contributed by atoms with Gasteiger partial charge in [0.15, 0.2) is 9.84 Å². The Morgan fingerprint density at radius 3 is 2.71 bits per heavy atom. The van der Waals surface area contributed by atoms with Gasteiger partial charge in [-0.05, 0) is 49.3 Å². The van der Waals surface area contributed by atoms with Crippen molar-refractivity contribution >= 4 is 49.0 Å². The van der Waals surface area contributed by atoms with E-state index in [2.05, 4.69) is 17.6 Å². The highest BCUT2D eigenvalue weighted by atomic mass is 32.2. The molecule has 0 bridgehead atoms. The van der Waals surface area contributed by atoms with E-state index in [1.165, 1.54) is 17.4 Å². The van der Waals surface area contributed by atoms with Crippen LogP contribution in [0.25, 0.3) is 11.0 Å². The van der Waals surface area contributed by atoms with Crippen LogP contribution in [0, 0.1) is 5.92 Å². The SMILES string of the molecule is C[C@@H]1CCc2c(sc(NC(=O)c3cc4ccccc4oc3=O)c2C(=O)N[C@H]2CCS(=O)(=O)C2)C1. The van der Waals surface area contributed by atoms with E-state index in [4.69, 9.17) is 4.42 Å². The van der Waals surface area contributed by atoms with Gasteiger partial charge in [0.1, 0.15) is 16.1 Å². The van der Waals surface area contributed by atoms with Crippen LogP contribution in [0.2, 0.25) is 0 Å². The van der Waals surface area contributed by atoms with Crippen LogP contribution in [0.3, 0.4) is 0 Å². The van der Waals surface area contributed by atoms with E-state index in [1.807, 2.05) is 0 Å². The number of carbonyl (C=O) groups is 2. The number of nitrogens with one attached hydrogen (secondary N) is 2.